The fourth-order valence-electron chi connectivity index (χ4n) is 3.06. The highest BCUT2D eigenvalue weighted by molar-refractivity contribution is 5.77. The average molecular weight is 289 g/mol. The molecule has 114 valence electrons. The van der Waals surface area contributed by atoms with Crippen LogP contribution in [0.5, 0.6) is 5.75 Å². The first kappa shape index (κ1) is 14.4. The Bertz CT molecular complexity index is 495. The van der Waals surface area contributed by atoms with E-state index in [4.69, 9.17) is 9.47 Å². The van der Waals surface area contributed by atoms with E-state index < -0.39 is 0 Å². The van der Waals surface area contributed by atoms with Gasteiger partial charge in [0, 0.05) is 19.3 Å². The van der Waals surface area contributed by atoms with Crippen molar-refractivity contribution in [1.29, 1.82) is 0 Å². The Morgan fingerprint density at radius 2 is 1.95 bits per heavy atom. The summed E-state index contributed by atoms with van der Waals surface area (Å²) in [4.78, 5) is 11.9. The van der Waals surface area contributed by atoms with Gasteiger partial charge in [0.05, 0.1) is 0 Å². The molecule has 1 aliphatic carbocycles. The second-order valence-corrected chi connectivity index (χ2v) is 5.88. The number of carbonyl (C=O) groups excluding carboxylic acids is 1. The van der Waals surface area contributed by atoms with Gasteiger partial charge < -0.3 is 14.8 Å². The average Bonchev–Trinajstić information content (AvgIpc) is 2.54. The SMILES string of the molecule is O=C(COc1ccc2c(c1)CCCC2)NC1CCOCC1. The number of aryl methyl sites for hydroxylation is 2. The van der Waals surface area contributed by atoms with Crippen molar-refractivity contribution >= 4 is 5.91 Å². The van der Waals surface area contributed by atoms with Gasteiger partial charge in [-0.15, -0.1) is 0 Å². The molecule has 0 saturated carbocycles. The number of benzene rings is 1. The van der Waals surface area contributed by atoms with Crippen molar-refractivity contribution in [2.45, 2.75) is 44.6 Å². The third-order valence-electron chi connectivity index (χ3n) is 4.28. The van der Waals surface area contributed by atoms with Crippen LogP contribution in [0.2, 0.25) is 0 Å². The molecule has 1 aromatic rings. The van der Waals surface area contributed by atoms with Crippen LogP contribution in [-0.4, -0.2) is 31.8 Å². The van der Waals surface area contributed by atoms with Gasteiger partial charge in [-0.2, -0.15) is 0 Å². The largest absolute Gasteiger partial charge is 0.484 e. The van der Waals surface area contributed by atoms with E-state index in [2.05, 4.69) is 17.4 Å². The summed E-state index contributed by atoms with van der Waals surface area (Å²) in [5.41, 5.74) is 2.81. The van der Waals surface area contributed by atoms with Gasteiger partial charge in [-0.25, -0.2) is 0 Å². The lowest BCUT2D eigenvalue weighted by atomic mass is 9.92. The molecule has 0 atom stereocenters. The summed E-state index contributed by atoms with van der Waals surface area (Å²) in [6, 6.07) is 6.45. The molecule has 1 saturated heterocycles. The normalized spacial score (nSPS) is 18.9. The maximum absolute atomic E-state index is 11.9. The van der Waals surface area contributed by atoms with Crippen molar-refractivity contribution in [1.82, 2.24) is 5.32 Å². The Morgan fingerprint density at radius 1 is 1.19 bits per heavy atom. The molecule has 2 aliphatic rings. The van der Waals surface area contributed by atoms with Crippen molar-refractivity contribution in [3.8, 4) is 5.75 Å². The zero-order chi connectivity index (χ0) is 14.5. The molecule has 0 radical (unpaired) electrons. The van der Waals surface area contributed by atoms with Crippen LogP contribution in [0.1, 0.15) is 36.8 Å². The smallest absolute Gasteiger partial charge is 0.258 e. The van der Waals surface area contributed by atoms with Crippen molar-refractivity contribution < 1.29 is 14.3 Å². The second kappa shape index (κ2) is 6.94. The first-order valence-electron chi connectivity index (χ1n) is 7.93. The van der Waals surface area contributed by atoms with Crippen molar-refractivity contribution in [2.75, 3.05) is 19.8 Å². The van der Waals surface area contributed by atoms with Gasteiger partial charge >= 0.3 is 0 Å². The Labute approximate surface area is 125 Å². The van der Waals surface area contributed by atoms with Crippen LogP contribution >= 0.6 is 0 Å². The summed E-state index contributed by atoms with van der Waals surface area (Å²) in [5.74, 6) is 0.761. The summed E-state index contributed by atoms with van der Waals surface area (Å²) in [5, 5.41) is 3.01. The molecule has 1 aromatic carbocycles. The predicted octanol–water partition coefficient (Wildman–Crippen LogP) is 2.24. The molecule has 1 amide bonds. The van der Waals surface area contributed by atoms with E-state index in [1.807, 2.05) is 6.07 Å². The molecule has 1 aliphatic heterocycles. The molecular formula is C17H23NO3. The number of amides is 1. The van der Waals surface area contributed by atoms with Gasteiger partial charge in [0.25, 0.3) is 5.91 Å². The van der Waals surface area contributed by atoms with E-state index in [-0.39, 0.29) is 18.6 Å². The first-order chi connectivity index (χ1) is 10.3. The number of nitrogens with one attached hydrogen (secondary N) is 1. The van der Waals surface area contributed by atoms with Crippen molar-refractivity contribution in [3.63, 3.8) is 0 Å². The molecule has 1 fully saturated rings. The lowest BCUT2D eigenvalue weighted by Gasteiger charge is -2.23. The van der Waals surface area contributed by atoms with Gasteiger partial charge in [0.1, 0.15) is 5.75 Å². The Kier molecular flexibility index (Phi) is 4.76. The Hall–Kier alpha value is -1.55. The summed E-state index contributed by atoms with van der Waals surface area (Å²) in [6.45, 7) is 1.56. The zero-order valence-corrected chi connectivity index (χ0v) is 12.4. The number of hydrogen-bond acceptors (Lipinski definition) is 3. The van der Waals surface area contributed by atoms with E-state index in [0.717, 1.165) is 38.2 Å². The van der Waals surface area contributed by atoms with Gasteiger partial charge in [-0.05, 0) is 61.8 Å². The lowest BCUT2D eigenvalue weighted by molar-refractivity contribution is -0.124. The van der Waals surface area contributed by atoms with E-state index in [0.29, 0.717) is 0 Å². The lowest BCUT2D eigenvalue weighted by Crippen LogP contribution is -2.41. The Balaban J connectivity index is 1.49. The monoisotopic (exact) mass is 289 g/mol. The van der Waals surface area contributed by atoms with Gasteiger partial charge in [-0.3, -0.25) is 4.79 Å². The minimum absolute atomic E-state index is 0.0420. The molecule has 0 spiro atoms. The maximum atomic E-state index is 11.9. The van der Waals surface area contributed by atoms with Crippen LogP contribution in [0.25, 0.3) is 0 Å². The van der Waals surface area contributed by atoms with E-state index >= 15 is 0 Å². The minimum Gasteiger partial charge on any atom is -0.484 e. The van der Waals surface area contributed by atoms with E-state index in [1.54, 1.807) is 0 Å². The zero-order valence-electron chi connectivity index (χ0n) is 12.4. The Morgan fingerprint density at radius 3 is 2.76 bits per heavy atom. The number of carbonyl (C=O) groups is 1. The van der Waals surface area contributed by atoms with Crippen molar-refractivity contribution in [2.24, 2.45) is 0 Å². The molecule has 0 unspecified atom stereocenters. The van der Waals surface area contributed by atoms with Crippen LogP contribution in [0.15, 0.2) is 18.2 Å². The third kappa shape index (κ3) is 3.97. The highest BCUT2D eigenvalue weighted by Gasteiger charge is 2.16. The molecule has 0 aromatic heterocycles. The summed E-state index contributed by atoms with van der Waals surface area (Å²) in [7, 11) is 0. The molecule has 0 bridgehead atoms. The van der Waals surface area contributed by atoms with E-state index in [9.17, 15) is 4.79 Å². The highest BCUT2D eigenvalue weighted by Crippen LogP contribution is 2.25. The highest BCUT2D eigenvalue weighted by atomic mass is 16.5. The van der Waals surface area contributed by atoms with Gasteiger partial charge in [0.2, 0.25) is 0 Å². The maximum Gasteiger partial charge on any atom is 0.258 e. The fourth-order valence-corrected chi connectivity index (χ4v) is 3.06. The topological polar surface area (TPSA) is 47.6 Å². The number of fused-ring (bicyclic) bond motifs is 1. The molecule has 21 heavy (non-hydrogen) atoms. The number of ether oxygens (including phenoxy) is 2. The van der Waals surface area contributed by atoms with Crippen LogP contribution in [0, 0.1) is 0 Å². The summed E-state index contributed by atoms with van der Waals surface area (Å²) < 4.78 is 10.9. The number of rotatable bonds is 4. The van der Waals surface area contributed by atoms with Crippen LogP contribution in [-0.2, 0) is 22.4 Å². The minimum atomic E-state index is -0.0420. The second-order valence-electron chi connectivity index (χ2n) is 5.88. The van der Waals surface area contributed by atoms with Gasteiger partial charge in [-0.1, -0.05) is 6.07 Å². The molecule has 1 heterocycles. The fraction of sp³-hybridized carbons (Fsp3) is 0.588. The van der Waals surface area contributed by atoms with E-state index in [1.165, 1.54) is 30.4 Å². The molecule has 4 nitrogen and oxygen atoms in total. The number of hydrogen-bond donors (Lipinski definition) is 1. The van der Waals surface area contributed by atoms with Crippen LogP contribution in [0.4, 0.5) is 0 Å². The molecule has 3 rings (SSSR count). The van der Waals surface area contributed by atoms with Crippen LogP contribution in [0.3, 0.4) is 0 Å². The van der Waals surface area contributed by atoms with Crippen LogP contribution < -0.4 is 10.1 Å². The molecule has 1 N–H and O–H groups in total. The predicted molar refractivity (Wildman–Crippen MR) is 80.6 cm³/mol. The third-order valence-corrected chi connectivity index (χ3v) is 4.28. The quantitative estimate of drug-likeness (QED) is 0.924. The van der Waals surface area contributed by atoms with Crippen molar-refractivity contribution in [3.05, 3.63) is 29.3 Å². The van der Waals surface area contributed by atoms with Gasteiger partial charge in [0.15, 0.2) is 6.61 Å². The molecular weight excluding hydrogens is 266 g/mol. The molecule has 4 heteroatoms. The standard InChI is InChI=1S/C17H23NO3/c19-17(18-15-7-9-20-10-8-15)12-21-16-6-5-13-3-1-2-4-14(13)11-16/h5-6,11,15H,1-4,7-10,12H2,(H,18,19). The first-order valence-corrected chi connectivity index (χ1v) is 7.93. The summed E-state index contributed by atoms with van der Waals surface area (Å²) in [6.07, 6.45) is 6.61. The summed E-state index contributed by atoms with van der Waals surface area (Å²) >= 11 is 0.